The lowest BCUT2D eigenvalue weighted by atomic mass is 9.97. The van der Waals surface area contributed by atoms with Gasteiger partial charge in [0.25, 0.3) is 5.91 Å². The summed E-state index contributed by atoms with van der Waals surface area (Å²) < 4.78 is 12.4. The Morgan fingerprint density at radius 1 is 1.42 bits per heavy atom. The monoisotopic (exact) mass is 330 g/mol. The van der Waals surface area contributed by atoms with Crippen LogP contribution in [0.5, 0.6) is 0 Å². The molecule has 1 aliphatic rings. The predicted octanol–water partition coefficient (Wildman–Crippen LogP) is 2.84. The Hall–Kier alpha value is -2.50. The number of rotatable bonds is 5. The molecule has 1 saturated heterocycles. The zero-order valence-electron chi connectivity index (χ0n) is 13.9. The van der Waals surface area contributed by atoms with Crippen molar-refractivity contribution in [2.75, 3.05) is 19.7 Å². The number of carbonyl (C=O) groups is 2. The summed E-state index contributed by atoms with van der Waals surface area (Å²) in [5.41, 5.74) is 2.18. The van der Waals surface area contributed by atoms with Crippen LogP contribution >= 0.6 is 0 Å². The minimum absolute atomic E-state index is 0.0365. The molecule has 0 radical (unpaired) electrons. The van der Waals surface area contributed by atoms with E-state index in [1.807, 2.05) is 10.6 Å². The molecule has 1 aliphatic heterocycles. The van der Waals surface area contributed by atoms with Crippen LogP contribution in [-0.4, -0.2) is 41.0 Å². The molecule has 0 bridgehead atoms. The van der Waals surface area contributed by atoms with Crippen LogP contribution in [0.1, 0.15) is 30.3 Å². The Labute approximate surface area is 140 Å². The van der Waals surface area contributed by atoms with Crippen LogP contribution in [0, 0.1) is 5.92 Å². The first-order chi connectivity index (χ1) is 11.7. The maximum absolute atomic E-state index is 12.9. The number of carbonyl (C=O) groups excluding carboxylic acids is 2. The van der Waals surface area contributed by atoms with Gasteiger partial charge in [0.05, 0.1) is 24.3 Å². The first-order valence-electron chi connectivity index (χ1n) is 8.29. The minimum Gasteiger partial charge on any atom is -0.466 e. The van der Waals surface area contributed by atoms with Gasteiger partial charge in [-0.1, -0.05) is 6.08 Å². The largest absolute Gasteiger partial charge is 0.466 e. The van der Waals surface area contributed by atoms with Crippen molar-refractivity contribution in [2.45, 2.75) is 26.3 Å². The van der Waals surface area contributed by atoms with E-state index in [-0.39, 0.29) is 17.8 Å². The lowest BCUT2D eigenvalue weighted by Crippen LogP contribution is -2.41. The van der Waals surface area contributed by atoms with Crippen LogP contribution in [0.3, 0.4) is 0 Å². The maximum atomic E-state index is 12.9. The van der Waals surface area contributed by atoms with Crippen molar-refractivity contribution >= 4 is 23.0 Å². The quantitative estimate of drug-likeness (QED) is 0.625. The van der Waals surface area contributed by atoms with Gasteiger partial charge in [-0.2, -0.15) is 0 Å². The smallest absolute Gasteiger partial charge is 0.309 e. The Morgan fingerprint density at radius 2 is 2.17 bits per heavy atom. The summed E-state index contributed by atoms with van der Waals surface area (Å²) in [5, 5.41) is 0. The molecule has 0 saturated carbocycles. The summed E-state index contributed by atoms with van der Waals surface area (Å²) in [7, 11) is 0. The van der Waals surface area contributed by atoms with Gasteiger partial charge in [0, 0.05) is 31.8 Å². The second kappa shape index (κ2) is 6.95. The second-order valence-electron chi connectivity index (χ2n) is 5.92. The Morgan fingerprint density at radius 3 is 2.83 bits per heavy atom. The molecule has 24 heavy (non-hydrogen) atoms. The normalized spacial score (nSPS) is 15.6. The summed E-state index contributed by atoms with van der Waals surface area (Å²) in [6, 6.07) is 3.63. The summed E-state index contributed by atoms with van der Waals surface area (Å²) in [6.07, 6.45) is 4.66. The molecule has 0 atom stereocenters. The lowest BCUT2D eigenvalue weighted by Gasteiger charge is -2.31. The number of amides is 1. The molecule has 6 nitrogen and oxygen atoms in total. The molecule has 0 N–H and O–H groups in total. The fourth-order valence-electron chi connectivity index (χ4n) is 3.22. The molecule has 1 fully saturated rings. The Kier molecular flexibility index (Phi) is 4.74. The molecule has 3 heterocycles. The maximum Gasteiger partial charge on any atom is 0.309 e. The van der Waals surface area contributed by atoms with Gasteiger partial charge < -0.3 is 18.6 Å². The number of hydrogen-bond donors (Lipinski definition) is 0. The molecular formula is C18H22N2O4. The summed E-state index contributed by atoms with van der Waals surface area (Å²) in [6.45, 7) is 7.62. The van der Waals surface area contributed by atoms with E-state index in [4.69, 9.17) is 9.15 Å². The van der Waals surface area contributed by atoms with Crippen molar-refractivity contribution in [3.63, 3.8) is 0 Å². The molecule has 0 spiro atoms. The van der Waals surface area contributed by atoms with Gasteiger partial charge >= 0.3 is 5.97 Å². The number of aromatic nitrogens is 1. The van der Waals surface area contributed by atoms with Gasteiger partial charge in [0.1, 0.15) is 5.69 Å². The van der Waals surface area contributed by atoms with Crippen LogP contribution < -0.4 is 0 Å². The van der Waals surface area contributed by atoms with Crippen molar-refractivity contribution in [1.29, 1.82) is 0 Å². The molecule has 6 heteroatoms. The molecular weight excluding hydrogens is 308 g/mol. The zero-order chi connectivity index (χ0) is 17.1. The number of fused-ring (bicyclic) bond motifs is 1. The first kappa shape index (κ1) is 16.4. The van der Waals surface area contributed by atoms with Crippen molar-refractivity contribution in [2.24, 2.45) is 5.92 Å². The number of esters is 1. The Balaban J connectivity index is 1.74. The average Bonchev–Trinajstić information content (AvgIpc) is 3.17. The van der Waals surface area contributed by atoms with Gasteiger partial charge in [-0.15, -0.1) is 6.58 Å². The topological polar surface area (TPSA) is 64.7 Å². The number of piperidine rings is 1. The molecule has 0 aromatic carbocycles. The predicted molar refractivity (Wildman–Crippen MR) is 89.7 cm³/mol. The van der Waals surface area contributed by atoms with Crippen LogP contribution in [0.15, 0.2) is 35.5 Å². The van der Waals surface area contributed by atoms with Crippen molar-refractivity contribution in [3.8, 4) is 0 Å². The van der Waals surface area contributed by atoms with Crippen LogP contribution in [-0.2, 0) is 16.1 Å². The van der Waals surface area contributed by atoms with Gasteiger partial charge in [-0.25, -0.2) is 0 Å². The van der Waals surface area contributed by atoms with E-state index >= 15 is 0 Å². The molecule has 0 aliphatic carbocycles. The zero-order valence-corrected chi connectivity index (χ0v) is 13.9. The second-order valence-corrected chi connectivity index (χ2v) is 5.92. The molecule has 2 aromatic heterocycles. The highest BCUT2D eigenvalue weighted by Crippen LogP contribution is 2.25. The molecule has 1 amide bonds. The van der Waals surface area contributed by atoms with Crippen LogP contribution in [0.25, 0.3) is 11.1 Å². The van der Waals surface area contributed by atoms with E-state index in [2.05, 4.69) is 6.58 Å². The van der Waals surface area contributed by atoms with Gasteiger partial charge in [-0.05, 0) is 19.8 Å². The first-order valence-corrected chi connectivity index (χ1v) is 8.29. The van der Waals surface area contributed by atoms with Crippen molar-refractivity contribution < 1.29 is 18.7 Å². The van der Waals surface area contributed by atoms with Gasteiger partial charge in [-0.3, -0.25) is 9.59 Å². The van der Waals surface area contributed by atoms with E-state index < -0.39 is 0 Å². The summed E-state index contributed by atoms with van der Waals surface area (Å²) in [4.78, 5) is 26.5. The number of hydrogen-bond acceptors (Lipinski definition) is 4. The molecule has 0 unspecified atom stereocenters. The van der Waals surface area contributed by atoms with Gasteiger partial charge in [0.2, 0.25) is 0 Å². The third-order valence-corrected chi connectivity index (χ3v) is 4.46. The van der Waals surface area contributed by atoms with E-state index in [9.17, 15) is 9.59 Å². The number of ether oxygens (including phenoxy) is 1. The standard InChI is InChI=1S/C18H22N2O4/c1-3-8-20-14-7-11-24-16(14)12-15(20)17(21)19-9-5-13(6-10-19)18(22)23-4-2/h3,7,11-13H,1,4-6,8-10H2,2H3. The number of likely N-dealkylation sites (tertiary alicyclic amines) is 1. The number of nitrogens with zero attached hydrogens (tertiary/aromatic N) is 2. The van der Waals surface area contributed by atoms with E-state index in [1.54, 1.807) is 30.2 Å². The fraction of sp³-hybridized carbons (Fsp3) is 0.444. The molecule has 128 valence electrons. The lowest BCUT2D eigenvalue weighted by molar-refractivity contribution is -0.149. The average molecular weight is 330 g/mol. The highest BCUT2D eigenvalue weighted by molar-refractivity contribution is 5.97. The van der Waals surface area contributed by atoms with E-state index in [0.29, 0.717) is 50.4 Å². The highest BCUT2D eigenvalue weighted by Gasteiger charge is 2.30. The summed E-state index contributed by atoms with van der Waals surface area (Å²) in [5.74, 6) is -0.298. The van der Waals surface area contributed by atoms with Crippen LogP contribution in [0.2, 0.25) is 0 Å². The fourth-order valence-corrected chi connectivity index (χ4v) is 3.22. The highest BCUT2D eigenvalue weighted by atomic mass is 16.5. The third-order valence-electron chi connectivity index (χ3n) is 4.46. The minimum atomic E-state index is -0.155. The number of allylic oxidation sites excluding steroid dienone is 1. The molecule has 3 rings (SSSR count). The van der Waals surface area contributed by atoms with Gasteiger partial charge in [0.15, 0.2) is 5.58 Å². The van der Waals surface area contributed by atoms with Crippen molar-refractivity contribution in [1.82, 2.24) is 9.47 Å². The SMILES string of the molecule is C=CCn1c(C(=O)N2CCC(C(=O)OCC)CC2)cc2occc21. The molecule has 2 aromatic rings. The van der Waals surface area contributed by atoms with Crippen LogP contribution in [0.4, 0.5) is 0 Å². The van der Waals surface area contributed by atoms with E-state index in [1.165, 1.54) is 0 Å². The number of furan rings is 1. The Bertz CT molecular complexity index is 750. The van der Waals surface area contributed by atoms with E-state index in [0.717, 1.165) is 5.52 Å². The third kappa shape index (κ3) is 2.96. The van der Waals surface area contributed by atoms with Crippen molar-refractivity contribution in [3.05, 3.63) is 36.7 Å². The summed E-state index contributed by atoms with van der Waals surface area (Å²) >= 11 is 0.